The Labute approximate surface area is 97.6 Å². The quantitative estimate of drug-likeness (QED) is 0.769. The maximum absolute atomic E-state index is 11.0. The standard InChI is InChI=1S/C10H9Cl2NO2/c1-13(2)8-4-6(9(11)14)3-7(5-8)10(12)15/h3-5H,1-2H3. The average molecular weight is 246 g/mol. The Balaban J connectivity index is 3.32. The second-order valence-corrected chi connectivity index (χ2v) is 3.90. The fourth-order valence-corrected chi connectivity index (χ4v) is 1.31. The van der Waals surface area contributed by atoms with Crippen LogP contribution in [0.4, 0.5) is 5.69 Å². The number of nitrogens with zero attached hydrogens (tertiary/aromatic N) is 1. The van der Waals surface area contributed by atoms with Gasteiger partial charge in [-0.05, 0) is 41.4 Å². The van der Waals surface area contributed by atoms with Crippen LogP contribution in [0.25, 0.3) is 0 Å². The summed E-state index contributed by atoms with van der Waals surface area (Å²) in [5.41, 5.74) is 1.21. The largest absolute Gasteiger partial charge is 0.378 e. The summed E-state index contributed by atoms with van der Waals surface area (Å²) in [4.78, 5) is 23.7. The Morgan fingerprint density at radius 3 is 1.67 bits per heavy atom. The van der Waals surface area contributed by atoms with Crippen molar-refractivity contribution in [3.05, 3.63) is 29.3 Å². The molecule has 1 rings (SSSR count). The van der Waals surface area contributed by atoms with Gasteiger partial charge in [0.25, 0.3) is 10.5 Å². The van der Waals surface area contributed by atoms with E-state index < -0.39 is 10.5 Å². The molecule has 1 aromatic carbocycles. The minimum atomic E-state index is -0.613. The molecule has 0 aromatic heterocycles. The molecule has 0 amide bonds. The van der Waals surface area contributed by atoms with Gasteiger partial charge in [0.05, 0.1) is 0 Å². The Bertz CT molecular complexity index is 384. The second-order valence-electron chi connectivity index (χ2n) is 3.21. The Morgan fingerprint density at radius 2 is 1.40 bits per heavy atom. The molecule has 0 unspecified atom stereocenters. The van der Waals surface area contributed by atoms with Crippen LogP contribution >= 0.6 is 23.2 Å². The van der Waals surface area contributed by atoms with Gasteiger partial charge in [-0.3, -0.25) is 9.59 Å². The van der Waals surface area contributed by atoms with E-state index in [1.165, 1.54) is 6.07 Å². The molecule has 0 radical (unpaired) electrons. The highest BCUT2D eigenvalue weighted by Gasteiger charge is 2.10. The summed E-state index contributed by atoms with van der Waals surface area (Å²) in [6.45, 7) is 0. The topological polar surface area (TPSA) is 37.4 Å². The molecule has 0 fully saturated rings. The zero-order valence-electron chi connectivity index (χ0n) is 8.25. The molecule has 0 heterocycles. The lowest BCUT2D eigenvalue weighted by molar-refractivity contribution is 0.108. The van der Waals surface area contributed by atoms with Crippen LogP contribution in [-0.2, 0) is 0 Å². The third-order valence-electron chi connectivity index (χ3n) is 1.89. The molecule has 5 heteroatoms. The summed E-state index contributed by atoms with van der Waals surface area (Å²) < 4.78 is 0. The van der Waals surface area contributed by atoms with Crippen molar-refractivity contribution in [2.45, 2.75) is 0 Å². The number of carbonyl (C=O) groups excluding carboxylic acids is 2. The first kappa shape index (κ1) is 12.0. The number of carbonyl (C=O) groups is 2. The van der Waals surface area contributed by atoms with E-state index in [-0.39, 0.29) is 11.1 Å². The third-order valence-corrected chi connectivity index (χ3v) is 2.32. The molecule has 15 heavy (non-hydrogen) atoms. The number of halogens is 2. The first-order chi connectivity index (χ1) is 6.91. The highest BCUT2D eigenvalue weighted by molar-refractivity contribution is 6.69. The van der Waals surface area contributed by atoms with Gasteiger partial charge >= 0.3 is 0 Å². The zero-order chi connectivity index (χ0) is 11.6. The van der Waals surface area contributed by atoms with Gasteiger partial charge < -0.3 is 4.90 Å². The van der Waals surface area contributed by atoms with Crippen LogP contribution < -0.4 is 4.90 Å². The predicted molar refractivity (Wildman–Crippen MR) is 61.1 cm³/mol. The van der Waals surface area contributed by atoms with E-state index in [4.69, 9.17) is 23.2 Å². The monoisotopic (exact) mass is 245 g/mol. The molecule has 0 aliphatic heterocycles. The number of rotatable bonds is 3. The van der Waals surface area contributed by atoms with E-state index in [1.54, 1.807) is 31.1 Å². The first-order valence-corrected chi connectivity index (χ1v) is 4.89. The summed E-state index contributed by atoms with van der Waals surface area (Å²) in [7, 11) is 3.58. The number of hydrogen-bond donors (Lipinski definition) is 0. The summed E-state index contributed by atoms with van der Waals surface area (Å²) in [6.07, 6.45) is 0. The molecule has 0 saturated carbocycles. The van der Waals surface area contributed by atoms with Crippen LogP contribution in [0.1, 0.15) is 20.7 Å². The Morgan fingerprint density at radius 1 is 1.00 bits per heavy atom. The number of hydrogen-bond acceptors (Lipinski definition) is 3. The highest BCUT2D eigenvalue weighted by Crippen LogP contribution is 2.20. The predicted octanol–water partition coefficient (Wildman–Crippen LogP) is 2.51. The molecule has 0 atom stereocenters. The SMILES string of the molecule is CN(C)c1cc(C(=O)Cl)cc(C(=O)Cl)c1. The maximum atomic E-state index is 11.0. The van der Waals surface area contributed by atoms with Crippen molar-refractivity contribution in [3.63, 3.8) is 0 Å². The van der Waals surface area contributed by atoms with Gasteiger partial charge in [0.1, 0.15) is 0 Å². The van der Waals surface area contributed by atoms with Gasteiger partial charge in [-0.25, -0.2) is 0 Å². The van der Waals surface area contributed by atoms with Crippen molar-refractivity contribution in [2.24, 2.45) is 0 Å². The molecule has 0 N–H and O–H groups in total. The smallest absolute Gasteiger partial charge is 0.252 e. The van der Waals surface area contributed by atoms with Crippen molar-refractivity contribution in [2.75, 3.05) is 19.0 Å². The molecule has 3 nitrogen and oxygen atoms in total. The van der Waals surface area contributed by atoms with E-state index in [2.05, 4.69) is 0 Å². The Kier molecular flexibility index (Phi) is 3.72. The van der Waals surface area contributed by atoms with Crippen molar-refractivity contribution in [3.8, 4) is 0 Å². The van der Waals surface area contributed by atoms with Crippen molar-refractivity contribution >= 4 is 39.4 Å². The lowest BCUT2D eigenvalue weighted by Gasteiger charge is -2.13. The van der Waals surface area contributed by atoms with Crippen molar-refractivity contribution < 1.29 is 9.59 Å². The van der Waals surface area contributed by atoms with Crippen LogP contribution in [0, 0.1) is 0 Å². The molecule has 1 aromatic rings. The van der Waals surface area contributed by atoms with Gasteiger partial charge in [0.2, 0.25) is 0 Å². The number of anilines is 1. The average Bonchev–Trinajstić information content (AvgIpc) is 2.16. The van der Waals surface area contributed by atoms with Gasteiger partial charge in [-0.2, -0.15) is 0 Å². The lowest BCUT2D eigenvalue weighted by atomic mass is 10.1. The summed E-state index contributed by atoms with van der Waals surface area (Å²) in [6, 6.07) is 4.56. The lowest BCUT2D eigenvalue weighted by Crippen LogP contribution is -2.10. The summed E-state index contributed by atoms with van der Waals surface area (Å²) >= 11 is 10.7. The fourth-order valence-electron chi connectivity index (χ4n) is 1.10. The Hall–Kier alpha value is -1.06. The third kappa shape index (κ3) is 2.94. The highest BCUT2D eigenvalue weighted by atomic mass is 35.5. The van der Waals surface area contributed by atoms with Gasteiger partial charge in [0, 0.05) is 30.9 Å². The maximum Gasteiger partial charge on any atom is 0.252 e. The van der Waals surface area contributed by atoms with Crippen LogP contribution in [-0.4, -0.2) is 24.6 Å². The summed E-state index contributed by atoms with van der Waals surface area (Å²) in [5.74, 6) is 0. The van der Waals surface area contributed by atoms with Crippen molar-refractivity contribution in [1.29, 1.82) is 0 Å². The van der Waals surface area contributed by atoms with E-state index in [0.717, 1.165) is 0 Å². The second kappa shape index (κ2) is 4.64. The van der Waals surface area contributed by atoms with E-state index >= 15 is 0 Å². The van der Waals surface area contributed by atoms with E-state index in [1.807, 2.05) is 0 Å². The fraction of sp³-hybridized carbons (Fsp3) is 0.200. The van der Waals surface area contributed by atoms with Crippen LogP contribution in [0.5, 0.6) is 0 Å². The normalized spacial score (nSPS) is 9.87. The number of benzene rings is 1. The van der Waals surface area contributed by atoms with Crippen LogP contribution in [0.15, 0.2) is 18.2 Å². The molecule has 0 spiro atoms. The minimum Gasteiger partial charge on any atom is -0.378 e. The molecule has 80 valence electrons. The van der Waals surface area contributed by atoms with E-state index in [0.29, 0.717) is 5.69 Å². The van der Waals surface area contributed by atoms with Crippen LogP contribution in [0.2, 0.25) is 0 Å². The molecule has 0 aliphatic carbocycles. The molecular formula is C10H9Cl2NO2. The molecule has 0 bridgehead atoms. The van der Waals surface area contributed by atoms with Crippen molar-refractivity contribution in [1.82, 2.24) is 0 Å². The molecular weight excluding hydrogens is 237 g/mol. The summed E-state index contributed by atoms with van der Waals surface area (Å²) in [5, 5.41) is -1.23. The van der Waals surface area contributed by atoms with Crippen LogP contribution in [0.3, 0.4) is 0 Å². The van der Waals surface area contributed by atoms with E-state index in [9.17, 15) is 9.59 Å². The first-order valence-electron chi connectivity index (χ1n) is 4.14. The molecule has 0 saturated heterocycles. The minimum absolute atomic E-state index is 0.256. The molecule has 0 aliphatic rings. The van der Waals surface area contributed by atoms with Gasteiger partial charge in [0.15, 0.2) is 0 Å². The van der Waals surface area contributed by atoms with Gasteiger partial charge in [-0.1, -0.05) is 0 Å². The zero-order valence-corrected chi connectivity index (χ0v) is 9.76. The van der Waals surface area contributed by atoms with Gasteiger partial charge in [-0.15, -0.1) is 0 Å².